The van der Waals surface area contributed by atoms with Gasteiger partial charge in [0, 0.05) is 62.6 Å². The molecule has 1 aromatic heterocycles. The van der Waals surface area contributed by atoms with Crippen molar-refractivity contribution in [1.29, 1.82) is 5.26 Å². The van der Waals surface area contributed by atoms with Gasteiger partial charge in [0.15, 0.2) is 0 Å². The molecule has 3 atom stereocenters. The van der Waals surface area contributed by atoms with E-state index < -0.39 is 0 Å². The highest BCUT2D eigenvalue weighted by Gasteiger charge is 2.29. The monoisotopic (exact) mass is 365 g/mol. The van der Waals surface area contributed by atoms with Crippen LogP contribution in [-0.4, -0.2) is 67.4 Å². The number of aromatic nitrogens is 1. The summed E-state index contributed by atoms with van der Waals surface area (Å²) in [5.41, 5.74) is 2.55. The second kappa shape index (κ2) is 7.81. The number of nitriles is 1. The highest BCUT2D eigenvalue weighted by atomic mass is 16.5. The summed E-state index contributed by atoms with van der Waals surface area (Å²) in [7, 11) is 0. The normalized spacial score (nSPS) is 26.9. The third-order valence-corrected chi connectivity index (χ3v) is 5.45. The summed E-state index contributed by atoms with van der Waals surface area (Å²) >= 11 is 0. The topological polar surface area (TPSA) is 64.4 Å². The number of hydrogen-bond donors (Lipinski definition) is 1. The predicted molar refractivity (Wildman–Crippen MR) is 107 cm³/mol. The van der Waals surface area contributed by atoms with Crippen molar-refractivity contribution in [1.82, 2.24) is 15.2 Å². The molecule has 1 aromatic carbocycles. The van der Waals surface area contributed by atoms with E-state index in [1.165, 1.54) is 0 Å². The fraction of sp³-hybridized carbons (Fsp3) is 0.524. The number of fused-ring (bicyclic) bond motifs is 1. The molecule has 0 amide bonds. The molecule has 2 fully saturated rings. The third-order valence-electron chi connectivity index (χ3n) is 5.45. The number of anilines is 1. The minimum absolute atomic E-state index is 0.173. The number of ether oxygens (including phenoxy) is 1. The van der Waals surface area contributed by atoms with E-state index in [4.69, 9.17) is 4.74 Å². The number of morpholine rings is 1. The largest absolute Gasteiger partial charge is 0.370 e. The third kappa shape index (κ3) is 3.91. The SMILES string of the molecule is C[C@@H]1CN(c2ccc(C#N)c3ncccc23)C[C@@H](CN2CCN[C@@H](C)C2)O1. The minimum atomic E-state index is 0.173. The molecule has 0 aliphatic carbocycles. The lowest BCUT2D eigenvalue weighted by atomic mass is 10.1. The molecule has 0 saturated carbocycles. The van der Waals surface area contributed by atoms with Crippen LogP contribution in [0.25, 0.3) is 10.9 Å². The summed E-state index contributed by atoms with van der Waals surface area (Å²) in [6.45, 7) is 10.2. The Morgan fingerprint density at radius 1 is 1.26 bits per heavy atom. The quantitative estimate of drug-likeness (QED) is 0.898. The number of pyridine rings is 1. The van der Waals surface area contributed by atoms with Gasteiger partial charge in [0.2, 0.25) is 0 Å². The lowest BCUT2D eigenvalue weighted by Gasteiger charge is -2.41. The summed E-state index contributed by atoms with van der Waals surface area (Å²) in [5, 5.41) is 13.9. The zero-order chi connectivity index (χ0) is 18.8. The standard InChI is InChI=1S/C21H27N5O/c1-15-11-25(9-8-23-15)13-18-14-26(12-16(2)27-18)20-6-5-17(10-22)21-19(20)4-3-7-24-21/h3-7,15-16,18,23H,8-9,11-14H2,1-2H3/t15-,16+,18+/m0/s1. The second-order valence-corrected chi connectivity index (χ2v) is 7.73. The van der Waals surface area contributed by atoms with Crippen LogP contribution in [0.2, 0.25) is 0 Å². The lowest BCUT2D eigenvalue weighted by molar-refractivity contribution is -0.0349. The number of rotatable bonds is 3. The van der Waals surface area contributed by atoms with Crippen molar-refractivity contribution >= 4 is 16.6 Å². The maximum absolute atomic E-state index is 9.39. The fourth-order valence-corrected chi connectivity index (χ4v) is 4.33. The van der Waals surface area contributed by atoms with Gasteiger partial charge in [-0.05, 0) is 38.1 Å². The number of piperazine rings is 1. The van der Waals surface area contributed by atoms with Gasteiger partial charge in [-0.25, -0.2) is 0 Å². The molecule has 142 valence electrons. The van der Waals surface area contributed by atoms with Gasteiger partial charge >= 0.3 is 0 Å². The first-order valence-corrected chi connectivity index (χ1v) is 9.78. The van der Waals surface area contributed by atoms with Crippen molar-refractivity contribution in [2.24, 2.45) is 0 Å². The molecule has 0 spiro atoms. The van der Waals surface area contributed by atoms with Crippen molar-refractivity contribution in [2.45, 2.75) is 32.1 Å². The summed E-state index contributed by atoms with van der Waals surface area (Å²) < 4.78 is 6.26. The zero-order valence-electron chi connectivity index (χ0n) is 16.1. The highest BCUT2D eigenvalue weighted by Crippen LogP contribution is 2.30. The number of nitrogens with one attached hydrogen (secondary N) is 1. The van der Waals surface area contributed by atoms with Crippen LogP contribution in [0.5, 0.6) is 0 Å². The van der Waals surface area contributed by atoms with E-state index in [2.05, 4.69) is 52.2 Å². The zero-order valence-corrected chi connectivity index (χ0v) is 16.1. The van der Waals surface area contributed by atoms with Crippen molar-refractivity contribution < 1.29 is 4.74 Å². The van der Waals surface area contributed by atoms with E-state index in [1.54, 1.807) is 6.20 Å². The molecule has 0 unspecified atom stereocenters. The first-order chi connectivity index (χ1) is 13.1. The molecular weight excluding hydrogens is 338 g/mol. The summed E-state index contributed by atoms with van der Waals surface area (Å²) in [6.07, 6.45) is 2.11. The number of nitrogens with zero attached hydrogens (tertiary/aromatic N) is 4. The average Bonchev–Trinajstić information content (AvgIpc) is 2.66. The van der Waals surface area contributed by atoms with E-state index in [0.717, 1.165) is 55.9 Å². The minimum Gasteiger partial charge on any atom is -0.370 e. The van der Waals surface area contributed by atoms with Gasteiger partial charge in [-0.3, -0.25) is 9.88 Å². The Kier molecular flexibility index (Phi) is 5.26. The number of benzene rings is 1. The van der Waals surface area contributed by atoms with Crippen LogP contribution in [-0.2, 0) is 4.74 Å². The molecule has 1 N–H and O–H groups in total. The first kappa shape index (κ1) is 18.2. The molecule has 0 bridgehead atoms. The molecular formula is C21H27N5O. The Balaban J connectivity index is 1.57. The Labute approximate surface area is 160 Å². The Hall–Kier alpha value is -2.20. The van der Waals surface area contributed by atoms with Gasteiger partial charge in [0.05, 0.1) is 23.3 Å². The van der Waals surface area contributed by atoms with E-state index >= 15 is 0 Å². The van der Waals surface area contributed by atoms with Crippen LogP contribution in [0.4, 0.5) is 5.69 Å². The molecule has 3 heterocycles. The molecule has 2 aliphatic rings. The second-order valence-electron chi connectivity index (χ2n) is 7.73. The van der Waals surface area contributed by atoms with E-state index in [9.17, 15) is 5.26 Å². The Morgan fingerprint density at radius 3 is 2.96 bits per heavy atom. The molecule has 27 heavy (non-hydrogen) atoms. The maximum atomic E-state index is 9.39. The van der Waals surface area contributed by atoms with E-state index in [0.29, 0.717) is 11.6 Å². The molecule has 2 aliphatic heterocycles. The lowest BCUT2D eigenvalue weighted by Crippen LogP contribution is -2.55. The Morgan fingerprint density at radius 2 is 2.15 bits per heavy atom. The maximum Gasteiger partial charge on any atom is 0.101 e. The van der Waals surface area contributed by atoms with Crippen LogP contribution in [0.1, 0.15) is 19.4 Å². The first-order valence-electron chi connectivity index (χ1n) is 9.78. The van der Waals surface area contributed by atoms with Gasteiger partial charge in [0.1, 0.15) is 6.07 Å². The average molecular weight is 365 g/mol. The van der Waals surface area contributed by atoms with Gasteiger partial charge in [-0.1, -0.05) is 0 Å². The van der Waals surface area contributed by atoms with Crippen molar-refractivity contribution in [3.05, 3.63) is 36.0 Å². The van der Waals surface area contributed by atoms with Crippen LogP contribution in [0.15, 0.2) is 30.5 Å². The molecule has 6 heteroatoms. The number of hydrogen-bond acceptors (Lipinski definition) is 6. The molecule has 2 aromatic rings. The van der Waals surface area contributed by atoms with Gasteiger partial charge in [-0.2, -0.15) is 5.26 Å². The van der Waals surface area contributed by atoms with Crippen LogP contribution >= 0.6 is 0 Å². The molecule has 4 rings (SSSR count). The Bertz CT molecular complexity index is 848. The van der Waals surface area contributed by atoms with Crippen LogP contribution < -0.4 is 10.2 Å². The predicted octanol–water partition coefficient (Wildman–Crippen LogP) is 1.99. The van der Waals surface area contributed by atoms with Gasteiger partial charge in [0.25, 0.3) is 0 Å². The van der Waals surface area contributed by atoms with Crippen molar-refractivity contribution in [3.8, 4) is 6.07 Å². The van der Waals surface area contributed by atoms with Crippen molar-refractivity contribution in [3.63, 3.8) is 0 Å². The summed E-state index contributed by atoms with van der Waals surface area (Å²) in [6, 6.07) is 10.7. The van der Waals surface area contributed by atoms with Gasteiger partial charge in [-0.15, -0.1) is 0 Å². The molecule has 0 radical (unpaired) electrons. The van der Waals surface area contributed by atoms with Gasteiger partial charge < -0.3 is 15.0 Å². The highest BCUT2D eigenvalue weighted by molar-refractivity contribution is 5.95. The molecule has 2 saturated heterocycles. The van der Waals surface area contributed by atoms with E-state index in [-0.39, 0.29) is 12.2 Å². The fourth-order valence-electron chi connectivity index (χ4n) is 4.33. The van der Waals surface area contributed by atoms with E-state index in [1.807, 2.05) is 12.1 Å². The smallest absolute Gasteiger partial charge is 0.101 e. The van der Waals surface area contributed by atoms with Crippen molar-refractivity contribution in [2.75, 3.05) is 44.2 Å². The van der Waals surface area contributed by atoms with Crippen LogP contribution in [0.3, 0.4) is 0 Å². The summed E-state index contributed by atoms with van der Waals surface area (Å²) in [4.78, 5) is 9.35. The molecule has 6 nitrogen and oxygen atoms in total. The summed E-state index contributed by atoms with van der Waals surface area (Å²) in [5.74, 6) is 0. The van der Waals surface area contributed by atoms with Crippen LogP contribution in [0, 0.1) is 11.3 Å².